The van der Waals surface area contributed by atoms with Crippen molar-refractivity contribution in [1.29, 1.82) is 0 Å². The van der Waals surface area contributed by atoms with Gasteiger partial charge in [0.2, 0.25) is 0 Å². The van der Waals surface area contributed by atoms with Gasteiger partial charge in [-0.15, -0.1) is 0 Å². The zero-order chi connectivity index (χ0) is 14.5. The fraction of sp³-hybridized carbons (Fsp3) is 0.231. The summed E-state index contributed by atoms with van der Waals surface area (Å²) >= 11 is 3.16. The first-order valence-corrected chi connectivity index (χ1v) is 6.79. The summed E-state index contributed by atoms with van der Waals surface area (Å²) in [5.74, 6) is 0.138. The van der Waals surface area contributed by atoms with Gasteiger partial charge in [-0.1, -0.05) is 6.92 Å². The Morgan fingerprint density at radius 2 is 2.30 bits per heavy atom. The monoisotopic (exact) mass is 341 g/mol. The Balaban J connectivity index is 1.88. The summed E-state index contributed by atoms with van der Waals surface area (Å²) in [6, 6.07) is 5.75. The number of aryl methyl sites for hydroxylation is 1. The third kappa shape index (κ3) is 3.80. The number of nitrogens with zero attached hydrogens (tertiary/aromatic N) is 1. The minimum absolute atomic E-state index is 0.182. The molecule has 0 aliphatic heterocycles. The molecule has 5 nitrogen and oxygen atoms in total. The lowest BCUT2D eigenvalue weighted by molar-refractivity contribution is -0.118. The molecule has 0 saturated heterocycles. The summed E-state index contributed by atoms with van der Waals surface area (Å²) in [5.41, 5.74) is 0.933. The van der Waals surface area contributed by atoms with Crippen LogP contribution in [-0.2, 0) is 11.2 Å². The van der Waals surface area contributed by atoms with Crippen molar-refractivity contribution in [3.63, 3.8) is 0 Å². The Labute approximate surface area is 123 Å². The number of hydrogen-bond donors (Lipinski definition) is 2. The molecule has 2 rings (SSSR count). The Morgan fingerprint density at radius 3 is 2.95 bits per heavy atom. The Hall–Kier alpha value is -1.89. The average molecular weight is 342 g/mol. The number of halogens is 2. The highest BCUT2D eigenvalue weighted by Crippen LogP contribution is 2.25. The molecule has 1 amide bonds. The van der Waals surface area contributed by atoms with E-state index in [1.807, 2.05) is 6.92 Å². The summed E-state index contributed by atoms with van der Waals surface area (Å²) in [4.78, 5) is 11.7. The van der Waals surface area contributed by atoms with Gasteiger partial charge in [0.05, 0.1) is 4.47 Å². The summed E-state index contributed by atoms with van der Waals surface area (Å²) in [6.45, 7) is 1.80. The molecule has 0 radical (unpaired) electrons. The van der Waals surface area contributed by atoms with Crippen LogP contribution in [-0.4, -0.2) is 22.7 Å². The van der Waals surface area contributed by atoms with E-state index in [1.165, 1.54) is 18.2 Å². The lowest BCUT2D eigenvalue weighted by atomic mass is 10.3. The van der Waals surface area contributed by atoms with Gasteiger partial charge in [0.15, 0.2) is 12.4 Å². The minimum atomic E-state index is -0.378. The molecule has 0 atom stereocenters. The second-order valence-electron chi connectivity index (χ2n) is 4.04. The van der Waals surface area contributed by atoms with Crippen LogP contribution in [0.1, 0.15) is 12.6 Å². The first-order valence-electron chi connectivity index (χ1n) is 6.00. The third-order valence-corrected chi connectivity index (χ3v) is 3.15. The molecular weight excluding hydrogens is 329 g/mol. The van der Waals surface area contributed by atoms with Crippen molar-refractivity contribution in [3.05, 3.63) is 40.2 Å². The van der Waals surface area contributed by atoms with Crippen LogP contribution in [0.5, 0.6) is 5.75 Å². The summed E-state index contributed by atoms with van der Waals surface area (Å²) in [7, 11) is 0. The van der Waals surface area contributed by atoms with E-state index in [1.54, 1.807) is 6.07 Å². The molecule has 0 aliphatic rings. The van der Waals surface area contributed by atoms with Crippen molar-refractivity contribution in [3.8, 4) is 5.75 Å². The molecule has 0 spiro atoms. The molecule has 0 saturated carbocycles. The molecule has 0 bridgehead atoms. The van der Waals surface area contributed by atoms with E-state index < -0.39 is 0 Å². The molecule has 20 heavy (non-hydrogen) atoms. The largest absolute Gasteiger partial charge is 0.483 e. The molecule has 1 heterocycles. The maximum absolute atomic E-state index is 12.9. The van der Waals surface area contributed by atoms with Crippen molar-refractivity contribution in [1.82, 2.24) is 10.2 Å². The van der Waals surface area contributed by atoms with Crippen LogP contribution in [0, 0.1) is 5.82 Å². The number of hydrogen-bond acceptors (Lipinski definition) is 3. The number of carbonyl (C=O) groups is 1. The maximum atomic E-state index is 12.9. The molecule has 0 unspecified atom stereocenters. The van der Waals surface area contributed by atoms with Gasteiger partial charge in [-0.05, 0) is 40.5 Å². The number of H-pyrrole nitrogens is 1. The number of anilines is 1. The van der Waals surface area contributed by atoms with Gasteiger partial charge in [-0.3, -0.25) is 9.89 Å². The first-order chi connectivity index (χ1) is 9.58. The molecule has 2 aromatic rings. The van der Waals surface area contributed by atoms with Gasteiger partial charge in [0, 0.05) is 11.8 Å². The Morgan fingerprint density at radius 1 is 1.50 bits per heavy atom. The average Bonchev–Trinajstić information content (AvgIpc) is 2.85. The highest BCUT2D eigenvalue weighted by Gasteiger charge is 2.08. The first kappa shape index (κ1) is 14.5. The molecule has 0 aliphatic carbocycles. The van der Waals surface area contributed by atoms with E-state index in [9.17, 15) is 9.18 Å². The lowest BCUT2D eigenvalue weighted by Crippen LogP contribution is -2.20. The highest BCUT2D eigenvalue weighted by atomic mass is 79.9. The van der Waals surface area contributed by atoms with Crippen LogP contribution in [0.3, 0.4) is 0 Å². The smallest absolute Gasteiger partial charge is 0.263 e. The quantitative estimate of drug-likeness (QED) is 0.878. The number of rotatable bonds is 5. The van der Waals surface area contributed by atoms with Gasteiger partial charge < -0.3 is 10.1 Å². The molecule has 0 fully saturated rings. The summed E-state index contributed by atoms with van der Waals surface area (Å²) in [6.07, 6.45) is 0.807. The number of nitrogens with one attached hydrogen (secondary N) is 2. The van der Waals surface area contributed by atoms with Gasteiger partial charge in [0.1, 0.15) is 11.6 Å². The van der Waals surface area contributed by atoms with E-state index in [0.29, 0.717) is 16.0 Å². The number of aromatic nitrogens is 2. The normalized spacial score (nSPS) is 10.3. The number of amides is 1. The number of ether oxygens (including phenoxy) is 1. The predicted molar refractivity (Wildman–Crippen MR) is 76.2 cm³/mol. The van der Waals surface area contributed by atoms with E-state index in [4.69, 9.17) is 4.74 Å². The van der Waals surface area contributed by atoms with Crippen molar-refractivity contribution < 1.29 is 13.9 Å². The Kier molecular flexibility index (Phi) is 4.73. The van der Waals surface area contributed by atoms with Crippen LogP contribution in [0.2, 0.25) is 0 Å². The van der Waals surface area contributed by atoms with Gasteiger partial charge >= 0.3 is 0 Å². The second kappa shape index (κ2) is 6.51. The van der Waals surface area contributed by atoms with Crippen molar-refractivity contribution in [2.45, 2.75) is 13.3 Å². The van der Waals surface area contributed by atoms with Gasteiger partial charge in [-0.2, -0.15) is 5.10 Å². The second-order valence-corrected chi connectivity index (χ2v) is 4.90. The van der Waals surface area contributed by atoms with Crippen molar-refractivity contribution >= 4 is 27.7 Å². The molecule has 106 valence electrons. The fourth-order valence-corrected chi connectivity index (χ4v) is 1.99. The van der Waals surface area contributed by atoms with Crippen LogP contribution in [0.15, 0.2) is 28.7 Å². The van der Waals surface area contributed by atoms with Crippen molar-refractivity contribution in [2.24, 2.45) is 0 Å². The van der Waals surface area contributed by atoms with Crippen molar-refractivity contribution in [2.75, 3.05) is 11.9 Å². The molecule has 2 N–H and O–H groups in total. The van der Waals surface area contributed by atoms with Crippen LogP contribution in [0.25, 0.3) is 0 Å². The standard InChI is InChI=1S/C13H13BrFN3O2/c1-2-9-6-12(18-17-9)16-13(19)7-20-11-4-3-8(15)5-10(11)14/h3-6H,2,7H2,1H3,(H2,16,17,18,19). The third-order valence-electron chi connectivity index (χ3n) is 2.53. The van der Waals surface area contributed by atoms with E-state index >= 15 is 0 Å². The number of aromatic amines is 1. The van der Waals surface area contributed by atoms with Gasteiger partial charge in [0.25, 0.3) is 5.91 Å². The van der Waals surface area contributed by atoms with E-state index in [0.717, 1.165) is 12.1 Å². The number of carbonyl (C=O) groups excluding carboxylic acids is 1. The highest BCUT2D eigenvalue weighted by molar-refractivity contribution is 9.10. The molecular formula is C13H13BrFN3O2. The van der Waals surface area contributed by atoms with E-state index in [-0.39, 0.29) is 18.3 Å². The van der Waals surface area contributed by atoms with Gasteiger partial charge in [-0.25, -0.2) is 4.39 Å². The van der Waals surface area contributed by atoms with E-state index in [2.05, 4.69) is 31.4 Å². The lowest BCUT2D eigenvalue weighted by Gasteiger charge is -2.07. The maximum Gasteiger partial charge on any atom is 0.263 e. The SMILES string of the molecule is CCc1cc(NC(=O)COc2ccc(F)cc2Br)n[nH]1. The van der Waals surface area contributed by atoms with Crippen LogP contribution < -0.4 is 10.1 Å². The molecule has 7 heteroatoms. The van der Waals surface area contributed by atoms with Crippen LogP contribution >= 0.6 is 15.9 Å². The molecule has 1 aromatic heterocycles. The number of benzene rings is 1. The summed E-state index contributed by atoms with van der Waals surface area (Å²) < 4.78 is 18.6. The summed E-state index contributed by atoms with van der Waals surface area (Å²) in [5, 5.41) is 9.34. The zero-order valence-corrected chi connectivity index (χ0v) is 12.3. The topological polar surface area (TPSA) is 67.0 Å². The fourth-order valence-electron chi connectivity index (χ4n) is 1.52. The zero-order valence-electron chi connectivity index (χ0n) is 10.7. The minimum Gasteiger partial charge on any atom is -0.483 e. The molecule has 1 aromatic carbocycles. The predicted octanol–water partition coefficient (Wildman–Crippen LogP) is 2.89. The van der Waals surface area contributed by atoms with Crippen LogP contribution in [0.4, 0.5) is 10.2 Å². The Bertz CT molecular complexity index is 615.